The number of nitrogens with one attached hydrogen (secondary N) is 2. The van der Waals surface area contributed by atoms with Crippen LogP contribution in [-0.2, 0) is 9.47 Å². The SMILES string of the molecule is COC(=O)c1ccccc1NC(=O)c1sc(NC(=O)c2ccc(Cl)cc2)c(C(=O)OC)c1C. The lowest BCUT2D eigenvalue weighted by molar-refractivity contribution is 0.0592. The number of esters is 2. The van der Waals surface area contributed by atoms with E-state index in [-0.39, 0.29) is 26.7 Å². The number of hydrogen-bond acceptors (Lipinski definition) is 7. The fourth-order valence-electron chi connectivity index (χ4n) is 3.00. The van der Waals surface area contributed by atoms with E-state index in [0.29, 0.717) is 16.1 Å². The minimum absolute atomic E-state index is 0.0659. The molecule has 33 heavy (non-hydrogen) atoms. The highest BCUT2D eigenvalue weighted by molar-refractivity contribution is 7.19. The summed E-state index contributed by atoms with van der Waals surface area (Å²) in [5, 5.41) is 5.95. The largest absolute Gasteiger partial charge is 0.465 e. The first-order chi connectivity index (χ1) is 15.8. The molecule has 0 atom stereocenters. The Labute approximate surface area is 198 Å². The zero-order valence-corrected chi connectivity index (χ0v) is 19.4. The molecule has 0 aliphatic carbocycles. The zero-order chi connectivity index (χ0) is 24.1. The summed E-state index contributed by atoms with van der Waals surface area (Å²) < 4.78 is 9.59. The zero-order valence-electron chi connectivity index (χ0n) is 17.9. The van der Waals surface area contributed by atoms with E-state index >= 15 is 0 Å². The van der Waals surface area contributed by atoms with Crippen molar-refractivity contribution in [1.29, 1.82) is 0 Å². The minimum Gasteiger partial charge on any atom is -0.465 e. The third-order valence-corrected chi connectivity index (χ3v) is 6.11. The molecule has 8 nitrogen and oxygen atoms in total. The number of methoxy groups -OCH3 is 2. The predicted octanol–water partition coefficient (Wildman–Crippen LogP) is 4.79. The van der Waals surface area contributed by atoms with Crippen LogP contribution in [0.4, 0.5) is 10.7 Å². The van der Waals surface area contributed by atoms with Crippen LogP contribution >= 0.6 is 22.9 Å². The van der Waals surface area contributed by atoms with Gasteiger partial charge in [0, 0.05) is 10.6 Å². The Bertz CT molecular complexity index is 1240. The van der Waals surface area contributed by atoms with Crippen molar-refractivity contribution < 1.29 is 28.7 Å². The number of anilines is 2. The number of carbonyl (C=O) groups excluding carboxylic acids is 4. The van der Waals surface area contributed by atoms with Gasteiger partial charge < -0.3 is 20.1 Å². The van der Waals surface area contributed by atoms with Gasteiger partial charge in [0.1, 0.15) is 5.00 Å². The van der Waals surface area contributed by atoms with Crippen LogP contribution in [0.25, 0.3) is 0 Å². The predicted molar refractivity (Wildman–Crippen MR) is 126 cm³/mol. The Morgan fingerprint density at radius 1 is 0.848 bits per heavy atom. The molecule has 0 unspecified atom stereocenters. The van der Waals surface area contributed by atoms with Gasteiger partial charge in [-0.05, 0) is 48.9 Å². The van der Waals surface area contributed by atoms with Gasteiger partial charge in [-0.25, -0.2) is 9.59 Å². The van der Waals surface area contributed by atoms with Crippen molar-refractivity contribution >= 4 is 57.4 Å². The number of ether oxygens (including phenoxy) is 2. The monoisotopic (exact) mass is 486 g/mol. The van der Waals surface area contributed by atoms with Gasteiger partial charge in [-0.2, -0.15) is 0 Å². The summed E-state index contributed by atoms with van der Waals surface area (Å²) in [5.74, 6) is -2.36. The summed E-state index contributed by atoms with van der Waals surface area (Å²) in [6.45, 7) is 1.57. The van der Waals surface area contributed by atoms with Crippen LogP contribution < -0.4 is 10.6 Å². The van der Waals surface area contributed by atoms with Gasteiger partial charge in [-0.1, -0.05) is 23.7 Å². The van der Waals surface area contributed by atoms with Crippen molar-refractivity contribution in [2.24, 2.45) is 0 Å². The van der Waals surface area contributed by atoms with Crippen molar-refractivity contribution in [2.45, 2.75) is 6.92 Å². The van der Waals surface area contributed by atoms with Crippen LogP contribution in [0, 0.1) is 6.92 Å². The molecule has 0 aliphatic rings. The van der Waals surface area contributed by atoms with Crippen molar-refractivity contribution in [3.63, 3.8) is 0 Å². The Morgan fingerprint density at radius 2 is 1.48 bits per heavy atom. The van der Waals surface area contributed by atoms with Gasteiger partial charge in [0.25, 0.3) is 11.8 Å². The number of thiophene rings is 1. The van der Waals surface area contributed by atoms with Gasteiger partial charge in [0.15, 0.2) is 0 Å². The maximum atomic E-state index is 13.0. The molecule has 0 radical (unpaired) electrons. The number of amides is 2. The minimum atomic E-state index is -0.704. The summed E-state index contributed by atoms with van der Waals surface area (Å²) in [6, 6.07) is 12.6. The number of benzene rings is 2. The lowest BCUT2D eigenvalue weighted by atomic mass is 10.1. The van der Waals surface area contributed by atoms with E-state index in [4.69, 9.17) is 21.1 Å². The summed E-state index contributed by atoms with van der Waals surface area (Å²) in [4.78, 5) is 50.3. The van der Waals surface area contributed by atoms with Crippen molar-refractivity contribution in [1.82, 2.24) is 0 Å². The molecule has 0 aliphatic heterocycles. The summed E-state index contributed by atoms with van der Waals surface area (Å²) in [5.41, 5.74) is 1.13. The molecule has 3 aromatic rings. The van der Waals surface area contributed by atoms with Crippen molar-refractivity contribution in [3.8, 4) is 0 Å². The third kappa shape index (κ3) is 5.21. The lowest BCUT2D eigenvalue weighted by Gasteiger charge is -2.09. The van der Waals surface area contributed by atoms with Crippen LogP contribution in [0.1, 0.15) is 46.3 Å². The molecule has 3 rings (SSSR count). The molecule has 1 heterocycles. The van der Waals surface area contributed by atoms with Gasteiger partial charge in [0.05, 0.1) is 35.9 Å². The molecule has 2 N–H and O–H groups in total. The second kappa shape index (κ2) is 10.3. The smallest absolute Gasteiger partial charge is 0.341 e. The fourth-order valence-corrected chi connectivity index (χ4v) is 4.21. The van der Waals surface area contributed by atoms with Gasteiger partial charge >= 0.3 is 11.9 Å². The van der Waals surface area contributed by atoms with Crippen LogP contribution in [0.2, 0.25) is 5.02 Å². The van der Waals surface area contributed by atoms with E-state index in [1.54, 1.807) is 37.3 Å². The van der Waals surface area contributed by atoms with Crippen LogP contribution in [0.5, 0.6) is 0 Å². The molecule has 0 bridgehead atoms. The molecule has 2 amide bonds. The average molecular weight is 487 g/mol. The average Bonchev–Trinajstić information content (AvgIpc) is 3.14. The van der Waals surface area contributed by atoms with Crippen molar-refractivity contribution in [2.75, 3.05) is 24.9 Å². The Morgan fingerprint density at radius 3 is 2.12 bits per heavy atom. The van der Waals surface area contributed by atoms with E-state index in [0.717, 1.165) is 11.3 Å². The van der Waals surface area contributed by atoms with Gasteiger partial charge in [0.2, 0.25) is 0 Å². The number of para-hydroxylation sites is 1. The number of hydrogen-bond donors (Lipinski definition) is 2. The first-order valence-corrected chi connectivity index (χ1v) is 10.7. The first kappa shape index (κ1) is 24.0. The van der Waals surface area contributed by atoms with E-state index < -0.39 is 23.8 Å². The highest BCUT2D eigenvalue weighted by Crippen LogP contribution is 2.35. The molecule has 0 saturated carbocycles. The van der Waals surface area contributed by atoms with Crippen molar-refractivity contribution in [3.05, 3.63) is 80.7 Å². The third-order valence-electron chi connectivity index (χ3n) is 4.66. The molecule has 0 spiro atoms. The maximum Gasteiger partial charge on any atom is 0.341 e. The Balaban J connectivity index is 1.95. The molecular weight excluding hydrogens is 468 g/mol. The quantitative estimate of drug-likeness (QED) is 0.485. The number of carbonyl (C=O) groups is 4. The van der Waals surface area contributed by atoms with E-state index in [1.807, 2.05) is 0 Å². The molecular formula is C23H19ClN2O6S. The Kier molecular flexibility index (Phi) is 7.47. The molecule has 0 saturated heterocycles. The molecule has 170 valence electrons. The highest BCUT2D eigenvalue weighted by atomic mass is 35.5. The highest BCUT2D eigenvalue weighted by Gasteiger charge is 2.27. The first-order valence-electron chi connectivity index (χ1n) is 9.54. The second-order valence-electron chi connectivity index (χ2n) is 6.70. The number of halogens is 1. The number of rotatable bonds is 6. The Hall–Kier alpha value is -3.69. The molecule has 10 heteroatoms. The van der Waals surface area contributed by atoms with Gasteiger partial charge in [-0.15, -0.1) is 11.3 Å². The summed E-state index contributed by atoms with van der Waals surface area (Å²) >= 11 is 6.78. The topological polar surface area (TPSA) is 111 Å². The second-order valence-corrected chi connectivity index (χ2v) is 8.16. The summed E-state index contributed by atoms with van der Waals surface area (Å²) in [7, 11) is 2.44. The fraction of sp³-hybridized carbons (Fsp3) is 0.130. The normalized spacial score (nSPS) is 10.3. The molecule has 2 aromatic carbocycles. The van der Waals surface area contributed by atoms with E-state index in [9.17, 15) is 19.2 Å². The molecule has 0 fully saturated rings. The van der Waals surface area contributed by atoms with Gasteiger partial charge in [-0.3, -0.25) is 9.59 Å². The van der Waals surface area contributed by atoms with E-state index in [2.05, 4.69) is 10.6 Å². The standard InChI is InChI=1S/C23H19ClN2O6S/c1-12-17(23(30)32-3)21(26-19(27)13-8-10-14(24)11-9-13)33-18(12)20(28)25-16-7-5-4-6-15(16)22(29)31-2/h4-11H,1-3H3,(H,25,28)(H,26,27). The molecule has 1 aromatic heterocycles. The van der Waals surface area contributed by atoms with E-state index in [1.165, 1.54) is 32.4 Å². The van der Waals surface area contributed by atoms with Crippen LogP contribution in [0.15, 0.2) is 48.5 Å². The maximum absolute atomic E-state index is 13.0. The van der Waals surface area contributed by atoms with Crippen LogP contribution in [-0.4, -0.2) is 38.0 Å². The van der Waals surface area contributed by atoms with Crippen LogP contribution in [0.3, 0.4) is 0 Å². The summed E-state index contributed by atoms with van der Waals surface area (Å²) in [6.07, 6.45) is 0. The lowest BCUT2D eigenvalue weighted by Crippen LogP contribution is -2.15.